The van der Waals surface area contributed by atoms with Crippen molar-refractivity contribution in [1.29, 1.82) is 0 Å². The fourth-order valence-corrected chi connectivity index (χ4v) is 4.38. The van der Waals surface area contributed by atoms with Crippen molar-refractivity contribution in [3.63, 3.8) is 0 Å². The molecule has 0 saturated carbocycles. The second kappa shape index (κ2) is 9.51. The highest BCUT2D eigenvalue weighted by Gasteiger charge is 2.24. The number of methoxy groups -OCH3 is 1. The maximum Gasteiger partial charge on any atom is 0.140 e. The average molecular weight is 470 g/mol. The Balaban J connectivity index is 2.13. The summed E-state index contributed by atoms with van der Waals surface area (Å²) in [6.07, 6.45) is -0.352. The predicted molar refractivity (Wildman–Crippen MR) is 110 cm³/mol. The molecule has 1 amide bonds. The van der Waals surface area contributed by atoms with Crippen molar-refractivity contribution in [2.24, 2.45) is 0 Å². The second-order valence-corrected chi connectivity index (χ2v) is 7.96. The highest BCUT2D eigenvalue weighted by atomic mass is 35.5. The molecule has 2 aromatic carbocycles. The summed E-state index contributed by atoms with van der Waals surface area (Å²) in [4.78, 5) is 15.4. The van der Waals surface area contributed by atoms with E-state index < -0.39 is 23.0 Å². The number of carbonyl (C=O) groups excluding carboxylic acids is 1. The van der Waals surface area contributed by atoms with Crippen LogP contribution in [0.3, 0.4) is 0 Å². The number of rotatable bonds is 6. The number of thioether (sulfide) groups is 1. The van der Waals surface area contributed by atoms with Gasteiger partial charge >= 0.3 is 0 Å². The number of benzene rings is 2. The molecule has 0 aliphatic carbocycles. The summed E-state index contributed by atoms with van der Waals surface area (Å²) in [5, 5.41) is 12.6. The fourth-order valence-electron chi connectivity index (χ4n) is 2.69. The molecule has 3 rings (SSSR count). The standard InChI is InChI=1S/C20H14Cl2F2N2O3S/c1-29-17-7-11(3-4-14(17)21)30-19(13-6-10(23)2-5-16(13)24)12-8-18(26-20(27)28)25-9-15(12)22/h2-9,19H,1H3,(H,25,26)(H,27,28)/p-1. The number of hydrogen-bond acceptors (Lipinski definition) is 5. The zero-order valence-electron chi connectivity index (χ0n) is 15.3. The lowest BCUT2D eigenvalue weighted by Crippen LogP contribution is -2.29. The van der Waals surface area contributed by atoms with Crippen LogP contribution in [0.2, 0.25) is 10.0 Å². The molecule has 1 N–H and O–H groups in total. The molecule has 10 heteroatoms. The number of ether oxygens (including phenoxy) is 1. The highest BCUT2D eigenvalue weighted by Crippen LogP contribution is 2.45. The number of pyridine rings is 1. The Hall–Kier alpha value is -2.55. The third kappa shape index (κ3) is 5.13. The van der Waals surface area contributed by atoms with Crippen LogP contribution < -0.4 is 15.2 Å². The summed E-state index contributed by atoms with van der Waals surface area (Å²) in [6, 6.07) is 9.36. The molecule has 0 aliphatic rings. The van der Waals surface area contributed by atoms with Gasteiger partial charge in [-0.25, -0.2) is 13.8 Å². The van der Waals surface area contributed by atoms with E-state index in [9.17, 15) is 18.7 Å². The molecular formula is C20H13Cl2F2N2O3S-. The molecule has 0 bridgehead atoms. The molecule has 0 radical (unpaired) electrons. The quantitative estimate of drug-likeness (QED) is 0.495. The van der Waals surface area contributed by atoms with E-state index in [0.29, 0.717) is 21.2 Å². The maximum atomic E-state index is 14.7. The minimum absolute atomic E-state index is 0.0152. The summed E-state index contributed by atoms with van der Waals surface area (Å²) in [6.45, 7) is 0. The number of nitrogens with zero attached hydrogens (tertiary/aromatic N) is 1. The number of aromatic nitrogens is 1. The van der Waals surface area contributed by atoms with Gasteiger partial charge < -0.3 is 20.0 Å². The third-order valence-corrected chi connectivity index (χ3v) is 5.91. The average Bonchev–Trinajstić information content (AvgIpc) is 2.70. The Morgan fingerprint density at radius 1 is 1.13 bits per heavy atom. The Bertz CT molecular complexity index is 1100. The van der Waals surface area contributed by atoms with Crippen molar-refractivity contribution in [3.8, 4) is 5.75 Å². The summed E-state index contributed by atoms with van der Waals surface area (Å²) < 4.78 is 33.8. The number of amides is 1. The van der Waals surface area contributed by atoms with Crippen LogP contribution in [-0.4, -0.2) is 18.2 Å². The first-order valence-corrected chi connectivity index (χ1v) is 10.0. The van der Waals surface area contributed by atoms with Gasteiger partial charge in [0, 0.05) is 16.7 Å². The van der Waals surface area contributed by atoms with Crippen LogP contribution in [0.5, 0.6) is 5.75 Å². The first kappa shape index (κ1) is 22.1. The highest BCUT2D eigenvalue weighted by molar-refractivity contribution is 7.99. The first-order chi connectivity index (χ1) is 14.3. The number of anilines is 1. The van der Waals surface area contributed by atoms with Crippen LogP contribution in [0.25, 0.3) is 0 Å². The zero-order chi connectivity index (χ0) is 21.8. The normalized spacial score (nSPS) is 11.8. The smallest absolute Gasteiger partial charge is 0.140 e. The third-order valence-electron chi connectivity index (χ3n) is 4.01. The lowest BCUT2D eigenvalue weighted by Gasteiger charge is -2.21. The minimum Gasteiger partial charge on any atom is -0.530 e. The van der Waals surface area contributed by atoms with Gasteiger partial charge in [-0.2, -0.15) is 0 Å². The van der Waals surface area contributed by atoms with Crippen molar-refractivity contribution in [3.05, 3.63) is 81.5 Å². The van der Waals surface area contributed by atoms with Crippen LogP contribution in [0.1, 0.15) is 16.4 Å². The number of hydrogen-bond donors (Lipinski definition) is 1. The molecule has 0 spiro atoms. The molecular weight excluding hydrogens is 457 g/mol. The molecule has 156 valence electrons. The van der Waals surface area contributed by atoms with Gasteiger partial charge in [0.15, 0.2) is 0 Å². The zero-order valence-corrected chi connectivity index (χ0v) is 17.6. The first-order valence-electron chi connectivity index (χ1n) is 8.37. The Kier molecular flexibility index (Phi) is 7.02. The van der Waals surface area contributed by atoms with E-state index >= 15 is 0 Å². The van der Waals surface area contributed by atoms with Gasteiger partial charge in [0.25, 0.3) is 0 Å². The lowest BCUT2D eigenvalue weighted by molar-refractivity contribution is -0.242. The van der Waals surface area contributed by atoms with Crippen molar-refractivity contribution in [2.45, 2.75) is 10.1 Å². The lowest BCUT2D eigenvalue weighted by atomic mass is 10.0. The minimum atomic E-state index is -1.57. The molecule has 0 aliphatic heterocycles. The molecule has 5 nitrogen and oxygen atoms in total. The molecule has 0 fully saturated rings. The summed E-state index contributed by atoms with van der Waals surface area (Å²) in [5.41, 5.74) is 0.334. The van der Waals surface area contributed by atoms with Crippen LogP contribution in [0, 0.1) is 11.6 Å². The molecule has 1 heterocycles. The van der Waals surface area contributed by atoms with E-state index in [-0.39, 0.29) is 16.4 Å². The largest absolute Gasteiger partial charge is 0.530 e. The van der Waals surface area contributed by atoms with Gasteiger partial charge in [-0.05, 0) is 48.0 Å². The summed E-state index contributed by atoms with van der Waals surface area (Å²) in [5.74, 6) is -0.952. The van der Waals surface area contributed by atoms with Crippen LogP contribution >= 0.6 is 35.0 Å². The van der Waals surface area contributed by atoms with Crippen molar-refractivity contribution >= 4 is 46.9 Å². The number of halogens is 4. The van der Waals surface area contributed by atoms with E-state index in [1.165, 1.54) is 19.4 Å². The van der Waals surface area contributed by atoms with Crippen molar-refractivity contribution in [2.75, 3.05) is 12.4 Å². The predicted octanol–water partition coefficient (Wildman–Crippen LogP) is 5.31. The monoisotopic (exact) mass is 469 g/mol. The number of carboxylic acid groups (broad SMARTS) is 1. The number of carbonyl (C=O) groups is 1. The maximum absolute atomic E-state index is 14.7. The van der Waals surface area contributed by atoms with Gasteiger partial charge in [0.1, 0.15) is 29.3 Å². The Labute approximate surface area is 185 Å². The van der Waals surface area contributed by atoms with Crippen molar-refractivity contribution < 1.29 is 23.4 Å². The van der Waals surface area contributed by atoms with Gasteiger partial charge in [-0.1, -0.05) is 23.2 Å². The molecule has 1 aromatic heterocycles. The molecule has 3 aromatic rings. The van der Waals surface area contributed by atoms with Gasteiger partial charge in [-0.15, -0.1) is 11.8 Å². The van der Waals surface area contributed by atoms with Crippen molar-refractivity contribution in [1.82, 2.24) is 4.98 Å². The topological polar surface area (TPSA) is 74.3 Å². The SMILES string of the molecule is COc1cc(SC(c2cc(F)ccc2F)c2cc(NC(=O)[O-])ncc2Cl)ccc1Cl. The molecule has 1 unspecified atom stereocenters. The molecule has 1 atom stereocenters. The van der Waals surface area contributed by atoms with E-state index in [1.54, 1.807) is 18.2 Å². The fraction of sp³-hybridized carbons (Fsp3) is 0.100. The van der Waals surface area contributed by atoms with E-state index in [4.69, 9.17) is 27.9 Å². The Morgan fingerprint density at radius 3 is 2.60 bits per heavy atom. The van der Waals surface area contributed by atoms with Gasteiger partial charge in [-0.3, -0.25) is 0 Å². The van der Waals surface area contributed by atoms with E-state index in [1.807, 2.05) is 5.32 Å². The van der Waals surface area contributed by atoms with Gasteiger partial charge in [0.2, 0.25) is 0 Å². The number of nitrogens with one attached hydrogen (secondary N) is 1. The van der Waals surface area contributed by atoms with Crippen LogP contribution in [-0.2, 0) is 0 Å². The van der Waals surface area contributed by atoms with Crippen LogP contribution in [0.15, 0.2) is 53.6 Å². The van der Waals surface area contributed by atoms with Crippen LogP contribution in [0.4, 0.5) is 19.4 Å². The van der Waals surface area contributed by atoms with E-state index in [2.05, 4.69) is 4.98 Å². The molecule has 30 heavy (non-hydrogen) atoms. The van der Waals surface area contributed by atoms with Gasteiger partial charge in [0.05, 0.1) is 22.4 Å². The second-order valence-electron chi connectivity index (χ2n) is 5.96. The summed E-state index contributed by atoms with van der Waals surface area (Å²) in [7, 11) is 1.46. The summed E-state index contributed by atoms with van der Waals surface area (Å²) >= 11 is 13.5. The molecule has 0 saturated heterocycles. The Morgan fingerprint density at radius 2 is 1.90 bits per heavy atom. The van der Waals surface area contributed by atoms with E-state index in [0.717, 1.165) is 30.0 Å².